The van der Waals surface area contributed by atoms with E-state index in [2.05, 4.69) is 5.10 Å². The minimum Gasteiger partial charge on any atom is -0.342 e. The second kappa shape index (κ2) is 7.39. The smallest absolute Gasteiger partial charge is 0.272 e. The third kappa shape index (κ3) is 3.26. The van der Waals surface area contributed by atoms with E-state index in [0.29, 0.717) is 38.3 Å². The van der Waals surface area contributed by atoms with Gasteiger partial charge in [-0.1, -0.05) is 0 Å². The largest absolute Gasteiger partial charge is 0.342 e. The number of sulfonamides is 1. The van der Waals surface area contributed by atoms with Gasteiger partial charge in [-0.05, 0) is 38.7 Å². The van der Waals surface area contributed by atoms with E-state index < -0.39 is 21.5 Å². The van der Waals surface area contributed by atoms with Crippen LogP contribution >= 0.6 is 0 Å². The van der Waals surface area contributed by atoms with Gasteiger partial charge in [0.15, 0.2) is 0 Å². The molecule has 29 heavy (non-hydrogen) atoms. The first-order chi connectivity index (χ1) is 13.8. The van der Waals surface area contributed by atoms with Gasteiger partial charge in [-0.2, -0.15) is 5.10 Å². The Bertz CT molecular complexity index is 907. The van der Waals surface area contributed by atoms with Crippen molar-refractivity contribution in [2.75, 3.05) is 39.0 Å². The Morgan fingerprint density at radius 1 is 1.21 bits per heavy atom. The molecule has 1 aromatic rings. The van der Waals surface area contributed by atoms with Crippen LogP contribution in [-0.2, 0) is 21.4 Å². The summed E-state index contributed by atoms with van der Waals surface area (Å²) in [7, 11) is -1.80. The van der Waals surface area contributed by atoms with Gasteiger partial charge in [0.1, 0.15) is 5.69 Å². The number of aromatic nitrogens is 2. The zero-order valence-electron chi connectivity index (χ0n) is 17.1. The van der Waals surface area contributed by atoms with Gasteiger partial charge in [0.2, 0.25) is 15.9 Å². The molecule has 160 valence electrons. The normalized spacial score (nSPS) is 29.7. The van der Waals surface area contributed by atoms with E-state index in [1.807, 2.05) is 11.8 Å². The Labute approximate surface area is 171 Å². The Kier molecular flexibility index (Phi) is 5.18. The highest BCUT2D eigenvalue weighted by atomic mass is 32.2. The van der Waals surface area contributed by atoms with Crippen LogP contribution in [0.1, 0.15) is 43.1 Å². The summed E-state index contributed by atoms with van der Waals surface area (Å²) in [6.07, 6.45) is 4.27. The van der Waals surface area contributed by atoms with Gasteiger partial charge in [-0.15, -0.1) is 0 Å². The molecule has 4 heterocycles. The third-order valence-electron chi connectivity index (χ3n) is 6.81. The van der Waals surface area contributed by atoms with E-state index in [1.165, 1.54) is 4.31 Å². The van der Waals surface area contributed by atoms with E-state index in [9.17, 15) is 18.0 Å². The van der Waals surface area contributed by atoms with E-state index in [0.717, 1.165) is 12.8 Å². The molecule has 9 nitrogen and oxygen atoms in total. The van der Waals surface area contributed by atoms with Crippen molar-refractivity contribution < 1.29 is 18.0 Å². The molecule has 0 saturated carbocycles. The number of amides is 2. The molecular weight excluding hydrogens is 394 g/mol. The molecule has 3 saturated heterocycles. The van der Waals surface area contributed by atoms with E-state index in [4.69, 9.17) is 0 Å². The number of carbonyl (C=O) groups excluding carboxylic acids is 2. The third-order valence-corrected chi connectivity index (χ3v) is 8.66. The molecule has 4 rings (SSSR count). The maximum atomic E-state index is 13.6. The number of hydrogen-bond acceptors (Lipinski definition) is 5. The first-order valence-corrected chi connectivity index (χ1v) is 12.0. The molecule has 0 aliphatic carbocycles. The number of aryl methyl sites for hydroxylation is 1. The van der Waals surface area contributed by atoms with Crippen molar-refractivity contribution in [1.82, 2.24) is 23.9 Å². The molecule has 0 radical (unpaired) electrons. The Balaban J connectivity index is 1.68. The zero-order chi connectivity index (χ0) is 20.8. The first kappa shape index (κ1) is 20.3. The average Bonchev–Trinajstić information content (AvgIpc) is 3.41. The standard InChI is InChI=1S/C19H29N5O4S/c1-3-24-15(6-9-20-24)17(25)23-12-7-16-19(14-23,8-13-29(27,28)21(16)2)18(26)22-10-4-5-11-22/h6,9,16H,3-5,7-8,10-14H2,1-2H3/t16-,19+/m1/s1. The minimum absolute atomic E-state index is 0.00301. The lowest BCUT2D eigenvalue weighted by Gasteiger charge is -2.53. The van der Waals surface area contributed by atoms with Crippen LogP contribution in [0.4, 0.5) is 0 Å². The molecule has 2 atom stereocenters. The summed E-state index contributed by atoms with van der Waals surface area (Å²) in [6.45, 7) is 4.60. The van der Waals surface area contributed by atoms with Crippen molar-refractivity contribution in [2.45, 2.75) is 45.2 Å². The SMILES string of the molecule is CCn1nccc1C(=O)N1CC[C@H]2N(C)S(=O)(=O)CC[C@]2(C(=O)N2CCCC2)C1. The Morgan fingerprint density at radius 3 is 2.62 bits per heavy atom. The second-order valence-corrected chi connectivity index (χ2v) is 10.4. The van der Waals surface area contributed by atoms with Crippen molar-refractivity contribution in [3.8, 4) is 0 Å². The molecule has 0 aromatic carbocycles. The highest BCUT2D eigenvalue weighted by Crippen LogP contribution is 2.44. The lowest BCUT2D eigenvalue weighted by atomic mass is 9.71. The van der Waals surface area contributed by atoms with Crippen molar-refractivity contribution in [1.29, 1.82) is 0 Å². The van der Waals surface area contributed by atoms with Crippen molar-refractivity contribution in [2.24, 2.45) is 5.41 Å². The molecule has 3 fully saturated rings. The summed E-state index contributed by atoms with van der Waals surface area (Å²) >= 11 is 0. The van der Waals surface area contributed by atoms with Crippen LogP contribution < -0.4 is 0 Å². The molecule has 0 spiro atoms. The maximum absolute atomic E-state index is 13.6. The van der Waals surface area contributed by atoms with E-state index in [1.54, 1.807) is 28.9 Å². The summed E-state index contributed by atoms with van der Waals surface area (Å²) in [6, 6.07) is 1.29. The molecule has 3 aliphatic heterocycles. The van der Waals surface area contributed by atoms with Crippen molar-refractivity contribution >= 4 is 21.8 Å². The number of hydrogen-bond donors (Lipinski definition) is 0. The summed E-state index contributed by atoms with van der Waals surface area (Å²) < 4.78 is 28.1. The van der Waals surface area contributed by atoms with E-state index in [-0.39, 0.29) is 30.5 Å². The lowest BCUT2D eigenvalue weighted by Crippen LogP contribution is -2.68. The van der Waals surface area contributed by atoms with Crippen LogP contribution in [0.25, 0.3) is 0 Å². The molecule has 0 unspecified atom stereocenters. The number of fused-ring (bicyclic) bond motifs is 1. The number of rotatable bonds is 3. The van der Waals surface area contributed by atoms with Crippen LogP contribution in [0.5, 0.6) is 0 Å². The second-order valence-electron chi connectivity index (χ2n) is 8.30. The van der Waals surface area contributed by atoms with Crippen LogP contribution in [0.15, 0.2) is 12.3 Å². The predicted octanol–water partition coefficient (Wildman–Crippen LogP) is 0.392. The highest BCUT2D eigenvalue weighted by molar-refractivity contribution is 7.89. The average molecular weight is 424 g/mol. The summed E-state index contributed by atoms with van der Waals surface area (Å²) in [5.74, 6) is -0.204. The molecule has 1 aromatic heterocycles. The molecule has 3 aliphatic rings. The lowest BCUT2D eigenvalue weighted by molar-refractivity contribution is -0.148. The summed E-state index contributed by atoms with van der Waals surface area (Å²) in [5.41, 5.74) is -0.374. The van der Waals surface area contributed by atoms with Crippen LogP contribution in [0.3, 0.4) is 0 Å². The molecule has 2 amide bonds. The Hall–Kier alpha value is -1.94. The zero-order valence-corrected chi connectivity index (χ0v) is 17.9. The fraction of sp³-hybridized carbons (Fsp3) is 0.737. The van der Waals surface area contributed by atoms with Crippen molar-refractivity contribution in [3.05, 3.63) is 18.0 Å². The maximum Gasteiger partial charge on any atom is 0.272 e. The van der Waals surface area contributed by atoms with E-state index >= 15 is 0 Å². The van der Waals surface area contributed by atoms with Gasteiger partial charge in [0.05, 0.1) is 11.2 Å². The van der Waals surface area contributed by atoms with Gasteiger partial charge in [-0.25, -0.2) is 12.7 Å². The molecular formula is C19H29N5O4S. The highest BCUT2D eigenvalue weighted by Gasteiger charge is 2.58. The summed E-state index contributed by atoms with van der Waals surface area (Å²) in [4.78, 5) is 30.4. The van der Waals surface area contributed by atoms with Gasteiger partial charge in [0.25, 0.3) is 5.91 Å². The number of nitrogens with zero attached hydrogens (tertiary/aromatic N) is 5. The van der Waals surface area contributed by atoms with Crippen LogP contribution in [0, 0.1) is 5.41 Å². The molecule has 10 heteroatoms. The van der Waals surface area contributed by atoms with Gasteiger partial charge in [-0.3, -0.25) is 14.3 Å². The monoisotopic (exact) mass is 423 g/mol. The van der Waals surface area contributed by atoms with Gasteiger partial charge < -0.3 is 9.80 Å². The number of carbonyl (C=O) groups is 2. The topological polar surface area (TPSA) is 95.8 Å². The number of piperidine rings is 1. The quantitative estimate of drug-likeness (QED) is 0.701. The molecule has 0 N–H and O–H groups in total. The van der Waals surface area contributed by atoms with Crippen LogP contribution in [-0.4, -0.2) is 89.1 Å². The predicted molar refractivity (Wildman–Crippen MR) is 107 cm³/mol. The van der Waals surface area contributed by atoms with Crippen LogP contribution in [0.2, 0.25) is 0 Å². The first-order valence-electron chi connectivity index (χ1n) is 10.4. The summed E-state index contributed by atoms with van der Waals surface area (Å²) in [5, 5.41) is 4.19. The van der Waals surface area contributed by atoms with Gasteiger partial charge >= 0.3 is 0 Å². The van der Waals surface area contributed by atoms with Crippen molar-refractivity contribution in [3.63, 3.8) is 0 Å². The molecule has 0 bridgehead atoms. The fourth-order valence-electron chi connectivity index (χ4n) is 5.16. The number of likely N-dealkylation sites (tertiary alicyclic amines) is 2. The Morgan fingerprint density at radius 2 is 1.93 bits per heavy atom. The minimum atomic E-state index is -3.37. The van der Waals surface area contributed by atoms with Gasteiger partial charge in [0, 0.05) is 52.0 Å². The fourth-order valence-corrected chi connectivity index (χ4v) is 6.76.